The topological polar surface area (TPSA) is 52.9 Å². The number of rotatable bonds is 4. The largest absolute Gasteiger partial charge is 0.336 e. The Bertz CT molecular complexity index is 553. The molecule has 1 rings (SSSR count). The normalized spacial score (nSPS) is 11.8. The van der Waals surface area contributed by atoms with Gasteiger partial charge in [0.2, 0.25) is 5.82 Å². The van der Waals surface area contributed by atoms with Crippen LogP contribution < -0.4 is 5.32 Å². The van der Waals surface area contributed by atoms with E-state index in [9.17, 15) is 26.7 Å². The van der Waals surface area contributed by atoms with E-state index < -0.39 is 46.6 Å². The lowest BCUT2D eigenvalue weighted by Crippen LogP contribution is -2.35. The average molecular weight is 292 g/mol. The molecule has 0 aliphatic rings. The molecule has 1 aromatic carbocycles. The van der Waals surface area contributed by atoms with Gasteiger partial charge < -0.3 is 5.32 Å². The lowest BCUT2D eigenvalue weighted by molar-refractivity contribution is 0.0932. The summed E-state index contributed by atoms with van der Waals surface area (Å²) in [5.41, 5.74) is -1.60. The van der Waals surface area contributed by atoms with Crippen LogP contribution in [0.1, 0.15) is 30.1 Å². The maximum Gasteiger partial charge on any atom is 0.258 e. The standard InChI is InChI=1S/C12H9F5N2O/c1-2-3-5(4-18)19-12(20)6-7(13)9(15)11(17)10(16)8(6)14/h5H,2-3H2,1H3,(H,19,20). The minimum Gasteiger partial charge on any atom is -0.336 e. The molecule has 0 bridgehead atoms. The fraction of sp³-hybridized carbons (Fsp3) is 0.333. The number of nitrogens with one attached hydrogen (secondary N) is 1. The summed E-state index contributed by atoms with van der Waals surface area (Å²) < 4.78 is 65.3. The molecule has 1 aromatic rings. The highest BCUT2D eigenvalue weighted by atomic mass is 19.2. The van der Waals surface area contributed by atoms with Gasteiger partial charge in [-0.1, -0.05) is 13.3 Å². The Morgan fingerprint density at radius 1 is 1.10 bits per heavy atom. The summed E-state index contributed by atoms with van der Waals surface area (Å²) in [5, 5.41) is 10.6. The Balaban J connectivity index is 3.21. The number of carbonyl (C=O) groups excluding carboxylic acids is 1. The van der Waals surface area contributed by atoms with Crippen molar-refractivity contribution in [3.63, 3.8) is 0 Å². The van der Waals surface area contributed by atoms with Crippen molar-refractivity contribution in [3.8, 4) is 6.07 Å². The first-order valence-corrected chi connectivity index (χ1v) is 5.57. The monoisotopic (exact) mass is 292 g/mol. The molecular formula is C12H9F5N2O. The molecule has 0 saturated heterocycles. The van der Waals surface area contributed by atoms with Crippen LogP contribution in [0.15, 0.2) is 0 Å². The second-order valence-corrected chi connectivity index (χ2v) is 3.89. The van der Waals surface area contributed by atoms with Gasteiger partial charge in [-0.3, -0.25) is 4.79 Å². The first-order chi connectivity index (χ1) is 9.34. The fourth-order valence-corrected chi connectivity index (χ4v) is 1.49. The molecule has 0 aliphatic carbocycles. The molecular weight excluding hydrogens is 283 g/mol. The first-order valence-electron chi connectivity index (χ1n) is 5.57. The second-order valence-electron chi connectivity index (χ2n) is 3.89. The van der Waals surface area contributed by atoms with Gasteiger partial charge in [0.15, 0.2) is 23.3 Å². The maximum atomic E-state index is 13.3. The lowest BCUT2D eigenvalue weighted by Gasteiger charge is -2.12. The molecule has 0 fully saturated rings. The van der Waals surface area contributed by atoms with Crippen LogP contribution in [-0.4, -0.2) is 11.9 Å². The highest BCUT2D eigenvalue weighted by Crippen LogP contribution is 2.23. The van der Waals surface area contributed by atoms with Crippen LogP contribution >= 0.6 is 0 Å². The molecule has 1 atom stereocenters. The number of nitrogens with zero attached hydrogens (tertiary/aromatic N) is 1. The van der Waals surface area contributed by atoms with Gasteiger partial charge in [0.25, 0.3) is 5.91 Å². The molecule has 108 valence electrons. The van der Waals surface area contributed by atoms with Crippen molar-refractivity contribution in [2.45, 2.75) is 25.8 Å². The molecule has 0 aliphatic heterocycles. The molecule has 1 N–H and O–H groups in total. The summed E-state index contributed by atoms with van der Waals surface area (Å²) in [7, 11) is 0. The van der Waals surface area contributed by atoms with Gasteiger partial charge in [-0.25, -0.2) is 22.0 Å². The summed E-state index contributed by atoms with van der Waals surface area (Å²) in [4.78, 5) is 11.5. The van der Waals surface area contributed by atoms with Crippen LogP contribution in [0.3, 0.4) is 0 Å². The molecule has 20 heavy (non-hydrogen) atoms. The number of hydrogen-bond donors (Lipinski definition) is 1. The lowest BCUT2D eigenvalue weighted by atomic mass is 10.1. The molecule has 1 unspecified atom stereocenters. The van der Waals surface area contributed by atoms with E-state index in [4.69, 9.17) is 5.26 Å². The Morgan fingerprint density at radius 2 is 1.55 bits per heavy atom. The molecule has 1 amide bonds. The van der Waals surface area contributed by atoms with E-state index in [-0.39, 0.29) is 6.42 Å². The summed E-state index contributed by atoms with van der Waals surface area (Å²) in [6, 6.07) is 0.564. The summed E-state index contributed by atoms with van der Waals surface area (Å²) in [6.07, 6.45) is 0.660. The van der Waals surface area contributed by atoms with Crippen molar-refractivity contribution >= 4 is 5.91 Å². The number of carbonyl (C=O) groups is 1. The Morgan fingerprint density at radius 3 is 1.95 bits per heavy atom. The third kappa shape index (κ3) is 2.87. The van der Waals surface area contributed by atoms with Gasteiger partial charge in [0.05, 0.1) is 6.07 Å². The molecule has 0 aromatic heterocycles. The highest BCUT2D eigenvalue weighted by molar-refractivity contribution is 5.95. The Labute approximate surface area is 111 Å². The van der Waals surface area contributed by atoms with Gasteiger partial charge in [0, 0.05) is 0 Å². The highest BCUT2D eigenvalue weighted by Gasteiger charge is 2.30. The summed E-state index contributed by atoms with van der Waals surface area (Å²) >= 11 is 0. The molecule has 3 nitrogen and oxygen atoms in total. The van der Waals surface area contributed by atoms with Gasteiger partial charge in [-0.05, 0) is 6.42 Å². The zero-order chi connectivity index (χ0) is 15.4. The number of nitriles is 1. The van der Waals surface area contributed by atoms with Crippen LogP contribution in [0.2, 0.25) is 0 Å². The predicted octanol–water partition coefficient (Wildman–Crippen LogP) is 2.80. The van der Waals surface area contributed by atoms with Gasteiger partial charge in [-0.2, -0.15) is 5.26 Å². The van der Waals surface area contributed by atoms with Crippen molar-refractivity contribution in [1.82, 2.24) is 5.32 Å². The predicted molar refractivity (Wildman–Crippen MR) is 58.0 cm³/mol. The first kappa shape index (κ1) is 15.9. The van der Waals surface area contributed by atoms with Crippen molar-refractivity contribution in [1.29, 1.82) is 5.26 Å². The summed E-state index contributed by atoms with van der Waals surface area (Å²) in [6.45, 7) is 1.69. The number of halogens is 5. The average Bonchev–Trinajstić information content (AvgIpc) is 2.42. The zero-order valence-corrected chi connectivity index (χ0v) is 10.2. The SMILES string of the molecule is CCCC(C#N)NC(=O)c1c(F)c(F)c(F)c(F)c1F. The van der Waals surface area contributed by atoms with Gasteiger partial charge >= 0.3 is 0 Å². The molecule has 0 radical (unpaired) electrons. The van der Waals surface area contributed by atoms with Crippen LogP contribution in [-0.2, 0) is 0 Å². The van der Waals surface area contributed by atoms with E-state index in [1.165, 1.54) is 0 Å². The number of benzene rings is 1. The van der Waals surface area contributed by atoms with Crippen LogP contribution in [0.25, 0.3) is 0 Å². The van der Waals surface area contributed by atoms with Crippen molar-refractivity contribution in [2.75, 3.05) is 0 Å². The molecule has 0 heterocycles. The smallest absolute Gasteiger partial charge is 0.258 e. The quantitative estimate of drug-likeness (QED) is 0.527. The van der Waals surface area contributed by atoms with E-state index in [0.717, 1.165) is 0 Å². The third-order valence-electron chi connectivity index (χ3n) is 2.48. The Hall–Kier alpha value is -2.17. The number of amides is 1. The van der Waals surface area contributed by atoms with Crippen molar-refractivity contribution in [3.05, 3.63) is 34.6 Å². The Kier molecular flexibility index (Phi) is 5.02. The van der Waals surface area contributed by atoms with Crippen LogP contribution in [0.5, 0.6) is 0 Å². The van der Waals surface area contributed by atoms with E-state index in [1.54, 1.807) is 13.0 Å². The van der Waals surface area contributed by atoms with Crippen LogP contribution in [0.4, 0.5) is 22.0 Å². The van der Waals surface area contributed by atoms with E-state index >= 15 is 0 Å². The second kappa shape index (κ2) is 6.32. The third-order valence-corrected chi connectivity index (χ3v) is 2.48. The fourth-order valence-electron chi connectivity index (χ4n) is 1.49. The zero-order valence-electron chi connectivity index (χ0n) is 10.2. The molecule has 8 heteroatoms. The minimum atomic E-state index is -2.35. The minimum absolute atomic E-state index is 0.178. The van der Waals surface area contributed by atoms with E-state index in [0.29, 0.717) is 6.42 Å². The van der Waals surface area contributed by atoms with Gasteiger partial charge in [-0.15, -0.1) is 0 Å². The van der Waals surface area contributed by atoms with Crippen LogP contribution in [0, 0.1) is 40.4 Å². The van der Waals surface area contributed by atoms with Crippen molar-refractivity contribution in [2.24, 2.45) is 0 Å². The van der Waals surface area contributed by atoms with E-state index in [1.807, 2.05) is 5.32 Å². The maximum absolute atomic E-state index is 13.3. The molecule has 0 saturated carbocycles. The molecule has 0 spiro atoms. The van der Waals surface area contributed by atoms with Gasteiger partial charge in [0.1, 0.15) is 11.6 Å². The number of hydrogen-bond acceptors (Lipinski definition) is 2. The van der Waals surface area contributed by atoms with Crippen molar-refractivity contribution < 1.29 is 26.7 Å². The summed E-state index contributed by atoms with van der Waals surface area (Å²) in [5.74, 6) is -12.8. The van der Waals surface area contributed by atoms with E-state index in [2.05, 4.69) is 0 Å².